The molecule has 1 atom stereocenters. The molecule has 2 aliphatic rings. The van der Waals surface area contributed by atoms with Crippen LogP contribution in [0.2, 0.25) is 0 Å². The molecule has 10 nitrogen and oxygen atoms in total. The summed E-state index contributed by atoms with van der Waals surface area (Å²) in [6, 6.07) is 9.79. The minimum atomic E-state index is -0.639. The molecule has 182 valence electrons. The topological polar surface area (TPSA) is 145 Å². The molecule has 6 rings (SSSR count). The highest BCUT2D eigenvalue weighted by atomic mass is 16.7. The van der Waals surface area contributed by atoms with Gasteiger partial charge in [-0.25, -0.2) is 0 Å². The number of methoxy groups -OCH3 is 1. The van der Waals surface area contributed by atoms with Crippen LogP contribution in [0.1, 0.15) is 23.5 Å². The van der Waals surface area contributed by atoms with Gasteiger partial charge in [-0.1, -0.05) is 0 Å². The van der Waals surface area contributed by atoms with E-state index < -0.39 is 28.8 Å². The van der Waals surface area contributed by atoms with Crippen molar-refractivity contribution in [1.29, 1.82) is 0 Å². The van der Waals surface area contributed by atoms with Gasteiger partial charge in [0.1, 0.15) is 28.2 Å². The molecule has 36 heavy (non-hydrogen) atoms. The molecule has 0 bridgehead atoms. The lowest BCUT2D eigenvalue weighted by Crippen LogP contribution is -2.22. The summed E-state index contributed by atoms with van der Waals surface area (Å²) in [7, 11) is 1.48. The highest BCUT2D eigenvalue weighted by Crippen LogP contribution is 2.50. The molecule has 0 aliphatic carbocycles. The van der Waals surface area contributed by atoms with Gasteiger partial charge >= 0.3 is 5.97 Å². The van der Waals surface area contributed by atoms with Gasteiger partial charge in [0, 0.05) is 29.2 Å². The highest BCUT2D eigenvalue weighted by molar-refractivity contribution is 5.93. The average molecular weight is 490 g/mol. The maximum absolute atomic E-state index is 13.1. The molecule has 0 radical (unpaired) electrons. The fraction of sp³-hybridized carbons (Fsp3) is 0.154. The first kappa shape index (κ1) is 21.7. The number of phenolic OH excluding ortho intramolecular Hbond substituents is 3. The molecule has 0 amide bonds. The van der Waals surface area contributed by atoms with E-state index in [-0.39, 0.29) is 41.4 Å². The van der Waals surface area contributed by atoms with E-state index in [1.54, 1.807) is 12.1 Å². The van der Waals surface area contributed by atoms with Crippen molar-refractivity contribution >= 4 is 16.9 Å². The lowest BCUT2D eigenvalue weighted by molar-refractivity contribution is -0.135. The van der Waals surface area contributed by atoms with Gasteiger partial charge in [0.2, 0.25) is 12.5 Å². The Bertz CT molecular complexity index is 1630. The van der Waals surface area contributed by atoms with Gasteiger partial charge in [-0.15, -0.1) is 0 Å². The monoisotopic (exact) mass is 490 g/mol. The molecular weight excluding hydrogens is 472 g/mol. The van der Waals surface area contributed by atoms with Crippen molar-refractivity contribution in [1.82, 2.24) is 0 Å². The number of phenols is 3. The predicted octanol–water partition coefficient (Wildman–Crippen LogP) is 3.76. The average Bonchev–Trinajstić information content (AvgIpc) is 3.33. The third kappa shape index (κ3) is 3.26. The van der Waals surface area contributed by atoms with Crippen LogP contribution in [0.3, 0.4) is 0 Å². The van der Waals surface area contributed by atoms with Crippen molar-refractivity contribution in [2.45, 2.75) is 12.3 Å². The van der Waals surface area contributed by atoms with Crippen molar-refractivity contribution in [3.05, 3.63) is 63.8 Å². The summed E-state index contributed by atoms with van der Waals surface area (Å²) >= 11 is 0. The second kappa shape index (κ2) is 7.84. The molecule has 0 spiro atoms. The Balaban J connectivity index is 1.63. The first-order chi connectivity index (χ1) is 17.3. The molecule has 1 aromatic heterocycles. The van der Waals surface area contributed by atoms with Crippen molar-refractivity contribution in [3.63, 3.8) is 0 Å². The van der Waals surface area contributed by atoms with Crippen molar-refractivity contribution in [2.24, 2.45) is 0 Å². The number of aromatic hydroxyl groups is 3. The molecule has 0 fully saturated rings. The van der Waals surface area contributed by atoms with Crippen LogP contribution in [-0.2, 0) is 4.79 Å². The van der Waals surface area contributed by atoms with Gasteiger partial charge in [-0.3, -0.25) is 9.59 Å². The van der Waals surface area contributed by atoms with Crippen molar-refractivity contribution < 1.29 is 43.5 Å². The number of ether oxygens (including phenoxy) is 4. The van der Waals surface area contributed by atoms with E-state index in [1.807, 2.05) is 0 Å². The Morgan fingerprint density at radius 3 is 2.53 bits per heavy atom. The number of carbonyl (C=O) groups excluding carboxylic acids is 1. The Morgan fingerprint density at radius 1 is 0.917 bits per heavy atom. The number of fused-ring (bicyclic) bond motifs is 4. The zero-order valence-electron chi connectivity index (χ0n) is 18.7. The number of carbonyl (C=O) groups is 1. The lowest BCUT2D eigenvalue weighted by atomic mass is 9.84. The summed E-state index contributed by atoms with van der Waals surface area (Å²) in [5.74, 6) is -0.899. The van der Waals surface area contributed by atoms with Gasteiger partial charge in [0.15, 0.2) is 28.4 Å². The van der Waals surface area contributed by atoms with Crippen LogP contribution in [-0.4, -0.2) is 35.2 Å². The number of rotatable bonds is 3. The number of esters is 1. The van der Waals surface area contributed by atoms with Crippen molar-refractivity contribution in [2.75, 3.05) is 13.9 Å². The SMILES string of the molecule is COc1cc([C@@H]2CC(=O)Oc3cc(O)c4c(=O)cc(-c5ccc(O)c(O)c5)oc4c32)cc2c1OCO2. The van der Waals surface area contributed by atoms with Crippen LogP contribution in [0.15, 0.2) is 51.7 Å². The zero-order chi connectivity index (χ0) is 25.1. The van der Waals surface area contributed by atoms with Gasteiger partial charge in [-0.2, -0.15) is 0 Å². The van der Waals surface area contributed by atoms with Gasteiger partial charge in [0.25, 0.3) is 0 Å². The maximum Gasteiger partial charge on any atom is 0.312 e. The summed E-state index contributed by atoms with van der Waals surface area (Å²) in [6.45, 7) is 0.0208. The lowest BCUT2D eigenvalue weighted by Gasteiger charge is -2.26. The quantitative estimate of drug-likeness (QED) is 0.220. The van der Waals surface area contributed by atoms with E-state index in [1.165, 1.54) is 37.4 Å². The number of hydrogen-bond donors (Lipinski definition) is 3. The molecule has 0 unspecified atom stereocenters. The fourth-order valence-electron chi connectivity index (χ4n) is 4.61. The number of benzene rings is 3. The van der Waals surface area contributed by atoms with Gasteiger partial charge in [0.05, 0.1) is 13.5 Å². The van der Waals surface area contributed by atoms with Gasteiger partial charge < -0.3 is 38.7 Å². The minimum absolute atomic E-state index is 0.0208. The summed E-state index contributed by atoms with van der Waals surface area (Å²) in [6.07, 6.45) is -0.0798. The summed E-state index contributed by atoms with van der Waals surface area (Å²) in [5, 5.41) is 30.1. The van der Waals surface area contributed by atoms with E-state index in [0.29, 0.717) is 33.9 Å². The summed E-state index contributed by atoms with van der Waals surface area (Å²) < 4.78 is 28.0. The van der Waals surface area contributed by atoms with E-state index in [0.717, 1.165) is 0 Å². The molecule has 4 aromatic rings. The van der Waals surface area contributed by atoms with Crippen LogP contribution in [0.25, 0.3) is 22.3 Å². The van der Waals surface area contributed by atoms with E-state index >= 15 is 0 Å². The second-order valence-electron chi connectivity index (χ2n) is 8.38. The van der Waals surface area contributed by atoms with Crippen LogP contribution in [0.5, 0.6) is 40.2 Å². The number of hydrogen-bond acceptors (Lipinski definition) is 10. The molecule has 3 aromatic carbocycles. The van der Waals surface area contributed by atoms with Crippen LogP contribution >= 0.6 is 0 Å². The first-order valence-corrected chi connectivity index (χ1v) is 10.9. The Morgan fingerprint density at radius 2 is 1.75 bits per heavy atom. The van der Waals surface area contributed by atoms with Crippen LogP contribution < -0.4 is 24.4 Å². The van der Waals surface area contributed by atoms with Crippen LogP contribution in [0, 0.1) is 0 Å². The zero-order valence-corrected chi connectivity index (χ0v) is 18.7. The van der Waals surface area contributed by atoms with Crippen LogP contribution in [0.4, 0.5) is 0 Å². The minimum Gasteiger partial charge on any atom is -0.507 e. The van der Waals surface area contributed by atoms with E-state index in [2.05, 4.69) is 0 Å². The normalized spacial score (nSPS) is 16.0. The Hall–Kier alpha value is -4.86. The summed E-state index contributed by atoms with van der Waals surface area (Å²) in [5.41, 5.74) is 0.796. The Labute approximate surface area is 202 Å². The van der Waals surface area contributed by atoms with Crippen molar-refractivity contribution in [3.8, 4) is 51.6 Å². The Kier molecular flexibility index (Phi) is 4.72. The third-order valence-electron chi connectivity index (χ3n) is 6.27. The molecule has 2 aliphatic heterocycles. The predicted molar refractivity (Wildman–Crippen MR) is 124 cm³/mol. The molecule has 0 saturated carbocycles. The highest BCUT2D eigenvalue weighted by Gasteiger charge is 2.35. The first-order valence-electron chi connectivity index (χ1n) is 10.9. The summed E-state index contributed by atoms with van der Waals surface area (Å²) in [4.78, 5) is 25.6. The largest absolute Gasteiger partial charge is 0.507 e. The van der Waals surface area contributed by atoms with Gasteiger partial charge in [-0.05, 0) is 35.9 Å². The fourth-order valence-corrected chi connectivity index (χ4v) is 4.61. The second-order valence-corrected chi connectivity index (χ2v) is 8.38. The van der Waals surface area contributed by atoms with E-state index in [4.69, 9.17) is 23.4 Å². The smallest absolute Gasteiger partial charge is 0.312 e. The molecule has 0 saturated heterocycles. The molecule has 3 N–H and O–H groups in total. The maximum atomic E-state index is 13.1. The third-order valence-corrected chi connectivity index (χ3v) is 6.27. The van der Waals surface area contributed by atoms with E-state index in [9.17, 15) is 24.9 Å². The standard InChI is InChI=1S/C26H18O10/c1-32-20-5-12(6-21-25(20)34-10-33-21)13-7-22(31)35-19-9-17(30)24-16(29)8-18(36-26(24)23(13)19)11-2-3-14(27)15(28)4-11/h2-6,8-9,13,27-28,30H,7,10H2,1H3/t13-/m0/s1. The molecular formula is C26H18O10. The molecule has 10 heteroatoms. The molecule has 3 heterocycles.